The van der Waals surface area contributed by atoms with Crippen molar-refractivity contribution in [2.24, 2.45) is 0 Å². The summed E-state index contributed by atoms with van der Waals surface area (Å²) in [7, 11) is 0. The smallest absolute Gasteiger partial charge is 0.0417 e. The summed E-state index contributed by atoms with van der Waals surface area (Å²) in [5.74, 6) is 0. The zero-order valence-electron chi connectivity index (χ0n) is 7.55. The Morgan fingerprint density at radius 3 is 2.92 bits per heavy atom. The minimum Gasteiger partial charge on any atom is -0.261 e. The van der Waals surface area contributed by atoms with Gasteiger partial charge in [-0.3, -0.25) is 4.98 Å². The Hall–Kier alpha value is -0.370. The van der Waals surface area contributed by atoms with Crippen LogP contribution in [0, 0.1) is 6.92 Å². The van der Waals surface area contributed by atoms with Crippen molar-refractivity contribution in [2.75, 3.05) is 0 Å². The predicted octanol–water partition coefficient (Wildman–Crippen LogP) is 3.11. The molecule has 0 saturated heterocycles. The molecular formula is C10H14BrN. The van der Waals surface area contributed by atoms with Gasteiger partial charge in [0.25, 0.3) is 0 Å². The van der Waals surface area contributed by atoms with Gasteiger partial charge >= 0.3 is 0 Å². The fourth-order valence-corrected chi connectivity index (χ4v) is 1.41. The second-order valence-electron chi connectivity index (χ2n) is 3.03. The molecule has 0 spiro atoms. The second kappa shape index (κ2) is 4.61. The predicted molar refractivity (Wildman–Crippen MR) is 55.7 cm³/mol. The molecule has 1 aromatic rings. The van der Waals surface area contributed by atoms with Gasteiger partial charge in [-0.15, -0.1) is 0 Å². The number of alkyl halides is 1. The molecule has 0 N–H and O–H groups in total. The molecule has 0 radical (unpaired) electrons. The number of halogens is 1. The van der Waals surface area contributed by atoms with E-state index in [2.05, 4.69) is 40.8 Å². The molecule has 2 heteroatoms. The first-order valence-corrected chi connectivity index (χ1v) is 5.19. The van der Waals surface area contributed by atoms with Crippen LogP contribution in [0.1, 0.15) is 24.6 Å². The fourth-order valence-electron chi connectivity index (χ4n) is 1.08. The number of rotatable bonds is 3. The van der Waals surface area contributed by atoms with Crippen molar-refractivity contribution in [1.29, 1.82) is 0 Å². The molecule has 12 heavy (non-hydrogen) atoms. The van der Waals surface area contributed by atoms with E-state index in [4.69, 9.17) is 0 Å². The van der Waals surface area contributed by atoms with Crippen LogP contribution in [0.5, 0.6) is 0 Å². The van der Waals surface area contributed by atoms with Crippen molar-refractivity contribution in [1.82, 2.24) is 4.98 Å². The van der Waals surface area contributed by atoms with Crippen LogP contribution in [0.3, 0.4) is 0 Å². The van der Waals surface area contributed by atoms with Crippen LogP contribution in [0.4, 0.5) is 0 Å². The topological polar surface area (TPSA) is 12.9 Å². The summed E-state index contributed by atoms with van der Waals surface area (Å²) in [5, 5.41) is 0. The summed E-state index contributed by atoms with van der Waals surface area (Å²) in [6.07, 6.45) is 4.05. The van der Waals surface area contributed by atoms with Crippen molar-refractivity contribution < 1.29 is 0 Å². The van der Waals surface area contributed by atoms with E-state index in [1.54, 1.807) is 0 Å². The first-order valence-electron chi connectivity index (χ1n) is 4.28. The van der Waals surface area contributed by atoms with E-state index in [1.807, 2.05) is 12.3 Å². The lowest BCUT2D eigenvalue weighted by Crippen LogP contribution is -2.02. The molecule has 0 saturated carbocycles. The number of hydrogen-bond acceptors (Lipinski definition) is 1. The van der Waals surface area contributed by atoms with Gasteiger partial charge in [0.15, 0.2) is 0 Å². The number of nitrogens with zero attached hydrogens (tertiary/aromatic N) is 1. The van der Waals surface area contributed by atoms with Crippen molar-refractivity contribution in [2.45, 2.75) is 31.5 Å². The molecule has 0 amide bonds. The maximum Gasteiger partial charge on any atom is 0.0417 e. The van der Waals surface area contributed by atoms with Gasteiger partial charge in [0.1, 0.15) is 0 Å². The minimum absolute atomic E-state index is 0.562. The van der Waals surface area contributed by atoms with Crippen molar-refractivity contribution in [3.63, 3.8) is 0 Å². The standard InChI is InChI=1S/C10H14BrN/c1-3-9(11)7-10-6-8(2)4-5-12-10/h4-6,9H,3,7H2,1-2H3. The van der Waals surface area contributed by atoms with E-state index in [-0.39, 0.29) is 0 Å². The highest BCUT2D eigenvalue weighted by Gasteiger charge is 2.02. The molecule has 1 unspecified atom stereocenters. The average Bonchev–Trinajstić information content (AvgIpc) is 2.04. The van der Waals surface area contributed by atoms with Crippen molar-refractivity contribution >= 4 is 15.9 Å². The van der Waals surface area contributed by atoms with E-state index >= 15 is 0 Å². The summed E-state index contributed by atoms with van der Waals surface area (Å²) >= 11 is 3.60. The van der Waals surface area contributed by atoms with Crippen LogP contribution in [0.25, 0.3) is 0 Å². The number of aryl methyl sites for hydroxylation is 1. The maximum absolute atomic E-state index is 4.30. The molecule has 0 aliphatic heterocycles. The molecule has 0 aliphatic carbocycles. The minimum atomic E-state index is 0.562. The highest BCUT2D eigenvalue weighted by Crippen LogP contribution is 2.11. The molecule has 0 bridgehead atoms. The number of aromatic nitrogens is 1. The van der Waals surface area contributed by atoms with Gasteiger partial charge in [-0.2, -0.15) is 0 Å². The molecule has 0 aromatic carbocycles. The lowest BCUT2D eigenvalue weighted by Gasteiger charge is -2.05. The molecule has 1 aromatic heterocycles. The third-order valence-electron chi connectivity index (χ3n) is 1.85. The molecule has 0 aliphatic rings. The van der Waals surface area contributed by atoms with Gasteiger partial charge in [-0.1, -0.05) is 22.9 Å². The molecule has 66 valence electrons. The molecule has 1 atom stereocenters. The van der Waals surface area contributed by atoms with Gasteiger partial charge in [-0.05, 0) is 31.0 Å². The highest BCUT2D eigenvalue weighted by molar-refractivity contribution is 9.09. The van der Waals surface area contributed by atoms with E-state index in [1.165, 1.54) is 11.3 Å². The highest BCUT2D eigenvalue weighted by atomic mass is 79.9. The molecule has 1 nitrogen and oxygen atoms in total. The largest absolute Gasteiger partial charge is 0.261 e. The van der Waals surface area contributed by atoms with Crippen molar-refractivity contribution in [3.8, 4) is 0 Å². The lowest BCUT2D eigenvalue weighted by molar-refractivity contribution is 0.808. The van der Waals surface area contributed by atoms with Gasteiger partial charge in [0.05, 0.1) is 0 Å². The molecule has 1 heterocycles. The van der Waals surface area contributed by atoms with Gasteiger partial charge < -0.3 is 0 Å². The third kappa shape index (κ3) is 2.94. The Kier molecular flexibility index (Phi) is 3.73. The van der Waals surface area contributed by atoms with Gasteiger partial charge in [0, 0.05) is 23.1 Å². The third-order valence-corrected chi connectivity index (χ3v) is 2.82. The maximum atomic E-state index is 4.30. The zero-order chi connectivity index (χ0) is 8.97. The van der Waals surface area contributed by atoms with E-state index < -0.39 is 0 Å². The summed E-state index contributed by atoms with van der Waals surface area (Å²) in [5.41, 5.74) is 2.47. The first-order chi connectivity index (χ1) is 5.72. The monoisotopic (exact) mass is 227 g/mol. The Morgan fingerprint density at radius 2 is 2.33 bits per heavy atom. The van der Waals surface area contributed by atoms with E-state index in [0.29, 0.717) is 4.83 Å². The van der Waals surface area contributed by atoms with Crippen LogP contribution in [-0.2, 0) is 6.42 Å². The average molecular weight is 228 g/mol. The summed E-state index contributed by atoms with van der Waals surface area (Å²) in [6.45, 7) is 4.27. The Bertz CT molecular complexity index is 247. The number of hydrogen-bond donors (Lipinski definition) is 0. The van der Waals surface area contributed by atoms with Crippen LogP contribution >= 0.6 is 15.9 Å². The Morgan fingerprint density at radius 1 is 1.58 bits per heavy atom. The van der Waals surface area contributed by atoms with E-state index in [9.17, 15) is 0 Å². The quantitative estimate of drug-likeness (QED) is 0.724. The second-order valence-corrected chi connectivity index (χ2v) is 4.33. The van der Waals surface area contributed by atoms with Gasteiger partial charge in [-0.25, -0.2) is 0 Å². The van der Waals surface area contributed by atoms with Crippen LogP contribution < -0.4 is 0 Å². The number of pyridine rings is 1. The summed E-state index contributed by atoms with van der Waals surface area (Å²) in [6, 6.07) is 4.17. The lowest BCUT2D eigenvalue weighted by atomic mass is 10.1. The summed E-state index contributed by atoms with van der Waals surface area (Å²) < 4.78 is 0. The molecular weight excluding hydrogens is 214 g/mol. The fraction of sp³-hybridized carbons (Fsp3) is 0.500. The van der Waals surface area contributed by atoms with Crippen molar-refractivity contribution in [3.05, 3.63) is 29.6 Å². The summed E-state index contributed by atoms with van der Waals surface area (Å²) in [4.78, 5) is 4.86. The Balaban J connectivity index is 2.63. The Labute approximate surface area is 82.3 Å². The molecule has 1 rings (SSSR count). The van der Waals surface area contributed by atoms with E-state index in [0.717, 1.165) is 12.8 Å². The van der Waals surface area contributed by atoms with Crippen LogP contribution in [-0.4, -0.2) is 9.81 Å². The van der Waals surface area contributed by atoms with Crippen LogP contribution in [0.15, 0.2) is 18.3 Å². The zero-order valence-corrected chi connectivity index (χ0v) is 9.13. The normalized spacial score (nSPS) is 12.9. The molecule has 0 fully saturated rings. The van der Waals surface area contributed by atoms with Crippen LogP contribution in [0.2, 0.25) is 0 Å². The SMILES string of the molecule is CCC(Br)Cc1cc(C)ccn1. The first kappa shape index (κ1) is 9.72. The van der Waals surface area contributed by atoms with Gasteiger partial charge in [0.2, 0.25) is 0 Å².